The predicted molar refractivity (Wildman–Crippen MR) is 37.6 cm³/mol. The highest BCUT2D eigenvalue weighted by Gasteiger charge is 2.22. The minimum atomic E-state index is -0.302. The van der Waals surface area contributed by atoms with E-state index in [9.17, 15) is 4.79 Å². The number of hydrogen-bond donors (Lipinski definition) is 1. The second-order valence-corrected chi connectivity index (χ2v) is 2.41. The first-order valence-corrected chi connectivity index (χ1v) is 3.61. The number of nitrogens with zero attached hydrogens (tertiary/aromatic N) is 1. The molecule has 1 atom stereocenters. The molecule has 60 valence electrons. The van der Waals surface area contributed by atoms with Gasteiger partial charge in [-0.2, -0.15) is 5.26 Å². The van der Waals surface area contributed by atoms with Crippen molar-refractivity contribution in [1.29, 1.82) is 5.26 Å². The molecule has 11 heavy (non-hydrogen) atoms. The topological polar surface area (TPSA) is 62.1 Å². The zero-order valence-corrected chi connectivity index (χ0v) is 6.17. The van der Waals surface area contributed by atoms with Crippen molar-refractivity contribution in [2.75, 3.05) is 13.2 Å². The monoisotopic (exact) mass is 154 g/mol. The Morgan fingerprint density at radius 3 is 3.18 bits per heavy atom. The standard InChI is InChI=1S/C7H10N2O2/c8-3-5-11-7(10)6-2-1-4-9-6/h6,9H,1-2,4-5H2. The zero-order chi connectivity index (χ0) is 8.10. The Morgan fingerprint density at radius 1 is 1.82 bits per heavy atom. The van der Waals surface area contributed by atoms with Gasteiger partial charge in [0.05, 0.1) is 0 Å². The van der Waals surface area contributed by atoms with Crippen molar-refractivity contribution in [3.63, 3.8) is 0 Å². The highest BCUT2D eigenvalue weighted by molar-refractivity contribution is 5.76. The van der Waals surface area contributed by atoms with Crippen molar-refractivity contribution in [1.82, 2.24) is 5.32 Å². The molecule has 1 N–H and O–H groups in total. The molecule has 4 nitrogen and oxygen atoms in total. The summed E-state index contributed by atoms with van der Waals surface area (Å²) in [6.07, 6.45) is 1.83. The number of ether oxygens (including phenoxy) is 1. The van der Waals surface area contributed by atoms with Gasteiger partial charge in [-0.15, -0.1) is 0 Å². The van der Waals surface area contributed by atoms with Crippen LogP contribution in [0.3, 0.4) is 0 Å². The first kappa shape index (κ1) is 8.02. The molecule has 0 aromatic heterocycles. The number of rotatable bonds is 2. The maximum atomic E-state index is 11.0. The molecule has 0 radical (unpaired) electrons. The summed E-state index contributed by atoms with van der Waals surface area (Å²) in [5.41, 5.74) is 0. The summed E-state index contributed by atoms with van der Waals surface area (Å²) in [5.74, 6) is -0.302. The predicted octanol–water partition coefficient (Wildman–Crippen LogP) is -0.195. The molecule has 1 fully saturated rings. The van der Waals surface area contributed by atoms with Crippen LogP contribution in [0, 0.1) is 11.3 Å². The fourth-order valence-electron chi connectivity index (χ4n) is 1.09. The molecule has 4 heteroatoms. The molecule has 1 saturated heterocycles. The normalized spacial score (nSPS) is 22.6. The van der Waals surface area contributed by atoms with E-state index in [2.05, 4.69) is 10.1 Å². The second-order valence-electron chi connectivity index (χ2n) is 2.41. The van der Waals surface area contributed by atoms with Crippen LogP contribution >= 0.6 is 0 Å². The molecule has 0 bridgehead atoms. The lowest BCUT2D eigenvalue weighted by molar-refractivity contribution is -0.144. The summed E-state index contributed by atoms with van der Waals surface area (Å²) in [5, 5.41) is 11.1. The van der Waals surface area contributed by atoms with E-state index in [1.54, 1.807) is 6.07 Å². The fourth-order valence-corrected chi connectivity index (χ4v) is 1.09. The van der Waals surface area contributed by atoms with Gasteiger partial charge in [0.1, 0.15) is 12.1 Å². The van der Waals surface area contributed by atoms with Gasteiger partial charge in [0.2, 0.25) is 0 Å². The minimum absolute atomic E-state index is 0.142. The number of nitrogens with one attached hydrogen (secondary N) is 1. The lowest BCUT2D eigenvalue weighted by Crippen LogP contribution is -2.32. The van der Waals surface area contributed by atoms with E-state index >= 15 is 0 Å². The Kier molecular flexibility index (Phi) is 2.87. The molecule has 1 rings (SSSR count). The van der Waals surface area contributed by atoms with Crippen LogP contribution in [0.5, 0.6) is 0 Å². The highest BCUT2D eigenvalue weighted by Crippen LogP contribution is 2.05. The van der Waals surface area contributed by atoms with Crippen LogP contribution in [0.1, 0.15) is 12.8 Å². The fraction of sp³-hybridized carbons (Fsp3) is 0.714. The van der Waals surface area contributed by atoms with Crippen LogP contribution < -0.4 is 5.32 Å². The first-order valence-electron chi connectivity index (χ1n) is 3.61. The zero-order valence-electron chi connectivity index (χ0n) is 6.17. The molecule has 1 unspecified atom stereocenters. The number of esters is 1. The van der Waals surface area contributed by atoms with E-state index in [1.807, 2.05) is 0 Å². The summed E-state index contributed by atoms with van der Waals surface area (Å²) in [7, 11) is 0. The lowest BCUT2D eigenvalue weighted by Gasteiger charge is -2.06. The number of nitriles is 1. The van der Waals surface area contributed by atoms with Gasteiger partial charge in [0.25, 0.3) is 0 Å². The van der Waals surface area contributed by atoms with E-state index in [4.69, 9.17) is 5.26 Å². The molecule has 1 aliphatic heterocycles. The highest BCUT2D eigenvalue weighted by atomic mass is 16.5. The Balaban J connectivity index is 2.24. The van der Waals surface area contributed by atoms with Gasteiger partial charge in [-0.1, -0.05) is 0 Å². The van der Waals surface area contributed by atoms with E-state index in [-0.39, 0.29) is 18.6 Å². The largest absolute Gasteiger partial charge is 0.449 e. The first-order chi connectivity index (χ1) is 5.34. The lowest BCUT2D eigenvalue weighted by atomic mass is 10.2. The molecule has 0 spiro atoms. The third kappa shape index (κ3) is 2.20. The van der Waals surface area contributed by atoms with Crippen LogP contribution in [0.15, 0.2) is 0 Å². The Morgan fingerprint density at radius 2 is 2.64 bits per heavy atom. The summed E-state index contributed by atoms with van der Waals surface area (Å²) >= 11 is 0. The maximum Gasteiger partial charge on any atom is 0.324 e. The third-order valence-electron chi connectivity index (χ3n) is 1.62. The van der Waals surface area contributed by atoms with Crippen molar-refractivity contribution >= 4 is 5.97 Å². The number of carbonyl (C=O) groups is 1. The van der Waals surface area contributed by atoms with E-state index in [0.717, 1.165) is 19.4 Å². The average molecular weight is 154 g/mol. The molecule has 0 aliphatic carbocycles. The summed E-state index contributed by atoms with van der Waals surface area (Å²) < 4.78 is 4.61. The quantitative estimate of drug-likeness (QED) is 0.560. The number of hydrogen-bond acceptors (Lipinski definition) is 4. The summed E-state index contributed by atoms with van der Waals surface area (Å²) in [6.45, 7) is 0.726. The molecule has 0 saturated carbocycles. The Bertz CT molecular complexity index is 179. The average Bonchev–Trinajstić information content (AvgIpc) is 2.52. The van der Waals surface area contributed by atoms with Gasteiger partial charge >= 0.3 is 5.97 Å². The van der Waals surface area contributed by atoms with Gasteiger partial charge in [-0.05, 0) is 19.4 Å². The van der Waals surface area contributed by atoms with Crippen molar-refractivity contribution in [2.45, 2.75) is 18.9 Å². The minimum Gasteiger partial charge on any atom is -0.449 e. The van der Waals surface area contributed by atoms with Gasteiger partial charge in [0.15, 0.2) is 6.61 Å². The van der Waals surface area contributed by atoms with Crippen LogP contribution in [0.25, 0.3) is 0 Å². The summed E-state index contributed by atoms with van der Waals surface area (Å²) in [4.78, 5) is 11.0. The summed E-state index contributed by atoms with van der Waals surface area (Å²) in [6, 6.07) is 1.57. The Hall–Kier alpha value is -1.08. The molecular formula is C7H10N2O2. The second kappa shape index (κ2) is 3.94. The van der Waals surface area contributed by atoms with Crippen molar-refractivity contribution in [3.05, 3.63) is 0 Å². The SMILES string of the molecule is N#CCOC(=O)C1CCCN1. The van der Waals surface area contributed by atoms with Crippen LogP contribution in [-0.2, 0) is 9.53 Å². The van der Waals surface area contributed by atoms with Gasteiger partial charge in [-0.25, -0.2) is 0 Å². The van der Waals surface area contributed by atoms with Gasteiger partial charge < -0.3 is 10.1 Å². The maximum absolute atomic E-state index is 11.0. The molecular weight excluding hydrogens is 144 g/mol. The Labute approximate surface area is 65.1 Å². The van der Waals surface area contributed by atoms with Crippen LogP contribution in [-0.4, -0.2) is 25.2 Å². The van der Waals surface area contributed by atoms with Crippen LogP contribution in [0.2, 0.25) is 0 Å². The van der Waals surface area contributed by atoms with Crippen molar-refractivity contribution in [2.24, 2.45) is 0 Å². The van der Waals surface area contributed by atoms with E-state index in [0.29, 0.717) is 0 Å². The van der Waals surface area contributed by atoms with Crippen LogP contribution in [0.4, 0.5) is 0 Å². The number of carbonyl (C=O) groups excluding carboxylic acids is 1. The molecule has 1 heterocycles. The third-order valence-corrected chi connectivity index (χ3v) is 1.62. The van der Waals surface area contributed by atoms with E-state index < -0.39 is 0 Å². The molecule has 1 aliphatic rings. The molecule has 0 aromatic rings. The molecule has 0 amide bonds. The van der Waals surface area contributed by atoms with Gasteiger partial charge in [0, 0.05) is 0 Å². The van der Waals surface area contributed by atoms with E-state index in [1.165, 1.54) is 0 Å². The van der Waals surface area contributed by atoms with Crippen molar-refractivity contribution in [3.8, 4) is 6.07 Å². The van der Waals surface area contributed by atoms with Gasteiger partial charge in [-0.3, -0.25) is 4.79 Å². The smallest absolute Gasteiger partial charge is 0.324 e. The van der Waals surface area contributed by atoms with Crippen molar-refractivity contribution < 1.29 is 9.53 Å². The molecule has 0 aromatic carbocycles.